The molecule has 2 aromatic heterocycles. The molecule has 0 spiro atoms. The lowest BCUT2D eigenvalue weighted by Gasteiger charge is -2.24. The van der Waals surface area contributed by atoms with E-state index in [1.807, 2.05) is 13.8 Å². The van der Waals surface area contributed by atoms with Gasteiger partial charge in [-0.05, 0) is 19.3 Å². The van der Waals surface area contributed by atoms with Crippen molar-refractivity contribution in [3.63, 3.8) is 0 Å². The van der Waals surface area contributed by atoms with Crippen LogP contribution in [0.4, 0.5) is 11.5 Å². The normalized spacial score (nSPS) is 11.1. The van der Waals surface area contributed by atoms with Crippen LogP contribution in [0.15, 0.2) is 15.0 Å². The molecule has 0 aliphatic carbocycles. The predicted octanol–water partition coefficient (Wildman–Crippen LogP) is 1.22. The van der Waals surface area contributed by atoms with Gasteiger partial charge in [-0.2, -0.15) is 0 Å². The number of nitrogens with zero attached hydrogens (tertiary/aromatic N) is 3. The number of nitrogens with two attached hydrogens (primary N) is 1. The molecule has 148 valence electrons. The van der Waals surface area contributed by atoms with E-state index in [2.05, 4.69) is 9.97 Å². The summed E-state index contributed by atoms with van der Waals surface area (Å²) in [6, 6.07) is 0. The molecule has 1 amide bonds. The van der Waals surface area contributed by atoms with Gasteiger partial charge < -0.3 is 10.5 Å². The summed E-state index contributed by atoms with van der Waals surface area (Å²) in [7, 11) is 1.56. The van der Waals surface area contributed by atoms with E-state index in [4.69, 9.17) is 10.5 Å². The van der Waals surface area contributed by atoms with Crippen LogP contribution in [0.5, 0.6) is 0 Å². The first kappa shape index (κ1) is 20.8. The molecule has 10 heteroatoms. The van der Waals surface area contributed by atoms with Crippen molar-refractivity contribution in [2.75, 3.05) is 30.9 Å². The van der Waals surface area contributed by atoms with Crippen LogP contribution in [-0.2, 0) is 11.3 Å². The van der Waals surface area contributed by atoms with Gasteiger partial charge in [0.15, 0.2) is 5.69 Å². The third kappa shape index (κ3) is 4.83. The maximum Gasteiger partial charge on any atom is 0.330 e. The number of carbonyl (C=O) groups excluding carboxylic acids is 1. The van der Waals surface area contributed by atoms with E-state index in [0.717, 1.165) is 5.01 Å². The topological polar surface area (TPSA) is 123 Å². The fourth-order valence-electron chi connectivity index (χ4n) is 2.67. The Morgan fingerprint density at radius 3 is 2.70 bits per heavy atom. The Bertz CT molecular complexity index is 915. The first-order valence-electron chi connectivity index (χ1n) is 8.61. The molecule has 0 atom stereocenters. The minimum absolute atomic E-state index is 0.0323. The zero-order valence-corrected chi connectivity index (χ0v) is 16.8. The highest BCUT2D eigenvalue weighted by molar-refractivity contribution is 7.09. The second-order valence-corrected chi connectivity index (χ2v) is 7.61. The number of amides is 1. The van der Waals surface area contributed by atoms with Gasteiger partial charge in [-0.15, -0.1) is 11.3 Å². The fraction of sp³-hybridized carbons (Fsp3) is 0.529. The van der Waals surface area contributed by atoms with Crippen molar-refractivity contribution < 1.29 is 9.53 Å². The summed E-state index contributed by atoms with van der Waals surface area (Å²) in [6.07, 6.45) is 0.494. The van der Waals surface area contributed by atoms with Gasteiger partial charge >= 0.3 is 5.69 Å². The van der Waals surface area contributed by atoms with Crippen LogP contribution in [0.2, 0.25) is 0 Å². The van der Waals surface area contributed by atoms with Crippen LogP contribution in [0.25, 0.3) is 0 Å². The molecule has 2 aromatic rings. The summed E-state index contributed by atoms with van der Waals surface area (Å²) >= 11 is 1.34. The molecule has 27 heavy (non-hydrogen) atoms. The number of nitrogen functional groups attached to an aromatic ring is 1. The Labute approximate surface area is 160 Å². The lowest BCUT2D eigenvalue weighted by molar-refractivity contribution is 0.0979. The van der Waals surface area contributed by atoms with Gasteiger partial charge in [-0.3, -0.25) is 24.0 Å². The molecular weight excluding hydrogens is 370 g/mol. The minimum atomic E-state index is -0.699. The number of aryl methyl sites for hydroxylation is 1. The van der Waals surface area contributed by atoms with Gasteiger partial charge in [-0.1, -0.05) is 13.8 Å². The number of hydrogen-bond donors (Lipinski definition) is 2. The van der Waals surface area contributed by atoms with Crippen LogP contribution in [0, 0.1) is 12.8 Å². The van der Waals surface area contributed by atoms with Gasteiger partial charge in [0, 0.05) is 32.2 Å². The smallest absolute Gasteiger partial charge is 0.330 e. The zero-order chi connectivity index (χ0) is 20.1. The molecule has 2 rings (SSSR count). The number of hydrogen-bond acceptors (Lipinski definition) is 7. The number of methoxy groups -OCH3 is 1. The molecule has 0 saturated heterocycles. The predicted molar refractivity (Wildman–Crippen MR) is 106 cm³/mol. The molecule has 0 unspecified atom stereocenters. The van der Waals surface area contributed by atoms with Crippen molar-refractivity contribution in [3.8, 4) is 0 Å². The van der Waals surface area contributed by atoms with Crippen LogP contribution in [0.3, 0.4) is 0 Å². The summed E-state index contributed by atoms with van der Waals surface area (Å²) in [5.41, 5.74) is 5.06. The largest absolute Gasteiger partial charge is 0.385 e. The highest BCUT2D eigenvalue weighted by atomic mass is 32.1. The molecule has 3 N–H and O–H groups in total. The van der Waals surface area contributed by atoms with E-state index in [0.29, 0.717) is 19.6 Å². The molecule has 0 aliphatic heterocycles. The summed E-state index contributed by atoms with van der Waals surface area (Å²) < 4.78 is 6.33. The fourth-order valence-corrected chi connectivity index (χ4v) is 3.25. The highest BCUT2D eigenvalue weighted by Gasteiger charge is 2.26. The minimum Gasteiger partial charge on any atom is -0.385 e. The first-order chi connectivity index (χ1) is 12.8. The number of aromatic amines is 1. The number of rotatable bonds is 8. The van der Waals surface area contributed by atoms with Gasteiger partial charge in [0.25, 0.3) is 11.5 Å². The summed E-state index contributed by atoms with van der Waals surface area (Å²) in [4.78, 5) is 45.4. The molecule has 0 saturated carbocycles. The third-order valence-corrected chi connectivity index (χ3v) is 4.62. The number of anilines is 2. The molecule has 9 nitrogen and oxygen atoms in total. The number of nitrogens with one attached hydrogen (secondary N) is 1. The Hall–Kier alpha value is -2.46. The maximum absolute atomic E-state index is 13.0. The second-order valence-electron chi connectivity index (χ2n) is 6.55. The average molecular weight is 395 g/mol. The van der Waals surface area contributed by atoms with Crippen molar-refractivity contribution in [1.29, 1.82) is 0 Å². The SMILES string of the molecule is COCCCN(C(=O)c1csc(C)n1)c1c(N)n(CC(C)C)c(=O)[nH]c1=O. The number of ether oxygens (including phenoxy) is 1. The van der Waals surface area contributed by atoms with Crippen LogP contribution in [-0.4, -0.2) is 40.7 Å². The molecular formula is C17H25N5O4S. The molecule has 2 heterocycles. The molecule has 0 bridgehead atoms. The van der Waals surface area contributed by atoms with Crippen molar-refractivity contribution in [2.45, 2.75) is 33.7 Å². The summed E-state index contributed by atoms with van der Waals surface area (Å²) in [5, 5.41) is 2.37. The zero-order valence-electron chi connectivity index (χ0n) is 15.9. The number of thiazole rings is 1. The number of aromatic nitrogens is 3. The Morgan fingerprint density at radius 2 is 2.15 bits per heavy atom. The number of carbonyl (C=O) groups is 1. The summed E-state index contributed by atoms with van der Waals surface area (Å²) in [5.74, 6) is -0.347. The monoisotopic (exact) mass is 395 g/mol. The Balaban J connectivity index is 2.56. The van der Waals surface area contributed by atoms with E-state index in [9.17, 15) is 14.4 Å². The lowest BCUT2D eigenvalue weighted by Crippen LogP contribution is -2.42. The molecule has 0 fully saturated rings. The number of H-pyrrole nitrogens is 1. The average Bonchev–Trinajstić information content (AvgIpc) is 3.03. The van der Waals surface area contributed by atoms with Crippen molar-refractivity contribution in [2.24, 2.45) is 5.92 Å². The van der Waals surface area contributed by atoms with Gasteiger partial charge in [0.1, 0.15) is 11.5 Å². The quantitative estimate of drug-likeness (QED) is 0.648. The van der Waals surface area contributed by atoms with E-state index >= 15 is 0 Å². The van der Waals surface area contributed by atoms with Crippen molar-refractivity contribution >= 4 is 28.7 Å². The van der Waals surface area contributed by atoms with E-state index < -0.39 is 17.2 Å². The maximum atomic E-state index is 13.0. The van der Waals surface area contributed by atoms with Gasteiger partial charge in [0.05, 0.1) is 5.01 Å². The van der Waals surface area contributed by atoms with Crippen molar-refractivity contribution in [1.82, 2.24) is 14.5 Å². The lowest BCUT2D eigenvalue weighted by atomic mass is 10.2. The molecule has 0 aromatic carbocycles. The molecule has 0 aliphatic rings. The van der Waals surface area contributed by atoms with Crippen LogP contribution < -0.4 is 21.9 Å². The van der Waals surface area contributed by atoms with Crippen LogP contribution in [0.1, 0.15) is 35.8 Å². The third-order valence-electron chi connectivity index (χ3n) is 3.85. The first-order valence-corrected chi connectivity index (χ1v) is 9.49. The van der Waals surface area contributed by atoms with Crippen LogP contribution >= 0.6 is 11.3 Å². The van der Waals surface area contributed by atoms with E-state index in [-0.39, 0.29) is 29.7 Å². The summed E-state index contributed by atoms with van der Waals surface area (Å²) in [6.45, 7) is 6.58. The van der Waals surface area contributed by atoms with Gasteiger partial charge in [-0.25, -0.2) is 9.78 Å². The van der Waals surface area contributed by atoms with Crippen molar-refractivity contribution in [3.05, 3.63) is 36.9 Å². The standard InChI is InChI=1S/C17H25N5O4S/c1-10(2)8-22-14(18)13(15(23)20-17(22)25)21(6-5-7-26-4)16(24)12-9-27-11(3)19-12/h9-10H,5-8,18H2,1-4H3,(H,20,23,25). The molecule has 0 radical (unpaired) electrons. The van der Waals surface area contributed by atoms with Gasteiger partial charge in [0.2, 0.25) is 0 Å². The highest BCUT2D eigenvalue weighted by Crippen LogP contribution is 2.21. The Morgan fingerprint density at radius 1 is 1.44 bits per heavy atom. The van der Waals surface area contributed by atoms with E-state index in [1.165, 1.54) is 20.8 Å². The Kier molecular flexibility index (Phi) is 6.92. The van der Waals surface area contributed by atoms with E-state index in [1.54, 1.807) is 19.4 Å². The second kappa shape index (κ2) is 8.96.